The molecule has 1 fully saturated rings. The van der Waals surface area contributed by atoms with E-state index in [0.717, 1.165) is 0 Å². The van der Waals surface area contributed by atoms with Crippen molar-refractivity contribution in [2.75, 3.05) is 27.2 Å². The first-order chi connectivity index (χ1) is 8.23. The van der Waals surface area contributed by atoms with Gasteiger partial charge in [-0.15, -0.1) is 0 Å². The van der Waals surface area contributed by atoms with E-state index in [0.29, 0.717) is 11.5 Å². The van der Waals surface area contributed by atoms with E-state index in [1.807, 2.05) is 0 Å². The minimum Gasteiger partial charge on any atom is -0.317 e. The van der Waals surface area contributed by atoms with Crippen LogP contribution in [0.15, 0.2) is 24.3 Å². The van der Waals surface area contributed by atoms with Crippen LogP contribution in [0.5, 0.6) is 0 Å². The van der Waals surface area contributed by atoms with E-state index in [-0.39, 0.29) is 0 Å². The number of fused-ring (bicyclic) bond motifs is 2. The Balaban J connectivity index is 2.04. The highest BCUT2D eigenvalue weighted by Gasteiger charge is 2.44. The van der Waals surface area contributed by atoms with Crippen molar-refractivity contribution in [2.24, 2.45) is 0 Å². The number of hydrogen-bond acceptors (Lipinski definition) is 2. The number of benzene rings is 1. The summed E-state index contributed by atoms with van der Waals surface area (Å²) in [5, 5.41) is 3.50. The lowest BCUT2D eigenvalue weighted by Gasteiger charge is -2.35. The summed E-state index contributed by atoms with van der Waals surface area (Å²) < 4.78 is 0. The Morgan fingerprint density at radius 3 is 2.59 bits per heavy atom. The summed E-state index contributed by atoms with van der Waals surface area (Å²) in [7, 11) is 4.42. The summed E-state index contributed by atoms with van der Waals surface area (Å²) in [6.45, 7) is 2.35. The van der Waals surface area contributed by atoms with Gasteiger partial charge in [0.2, 0.25) is 0 Å². The molecule has 2 heteroatoms. The Labute approximate surface area is 104 Å². The molecule has 92 valence electrons. The molecule has 1 aromatic rings. The fraction of sp³-hybridized carbons (Fsp3) is 0.600. The van der Waals surface area contributed by atoms with E-state index in [2.05, 4.69) is 48.6 Å². The standard InChI is InChI=1S/C15H22N2/c1-17(2)14-11-15(7-9-16-10-8-15)13-6-4-3-5-12(13)14/h3-6,14,16H,7-11H2,1-2H3/t14-/m1/s1. The largest absolute Gasteiger partial charge is 0.317 e. The van der Waals surface area contributed by atoms with E-state index in [1.165, 1.54) is 32.4 Å². The van der Waals surface area contributed by atoms with Crippen LogP contribution < -0.4 is 5.32 Å². The molecule has 2 nitrogen and oxygen atoms in total. The van der Waals surface area contributed by atoms with Gasteiger partial charge in [-0.05, 0) is 63.0 Å². The number of hydrogen-bond donors (Lipinski definition) is 1. The van der Waals surface area contributed by atoms with Crippen LogP contribution in [0.25, 0.3) is 0 Å². The first-order valence-corrected chi connectivity index (χ1v) is 6.69. The van der Waals surface area contributed by atoms with E-state index in [1.54, 1.807) is 11.1 Å². The molecule has 1 atom stereocenters. The van der Waals surface area contributed by atoms with Gasteiger partial charge in [-0.25, -0.2) is 0 Å². The highest BCUT2D eigenvalue weighted by atomic mass is 15.1. The summed E-state index contributed by atoms with van der Waals surface area (Å²) in [6.07, 6.45) is 3.91. The Hall–Kier alpha value is -0.860. The maximum Gasteiger partial charge on any atom is 0.0353 e. The molecule has 1 spiro atoms. The lowest BCUT2D eigenvalue weighted by atomic mass is 9.74. The molecular weight excluding hydrogens is 208 g/mol. The number of piperidine rings is 1. The van der Waals surface area contributed by atoms with Crippen LogP contribution in [-0.4, -0.2) is 32.1 Å². The van der Waals surface area contributed by atoms with Gasteiger partial charge in [0.25, 0.3) is 0 Å². The molecule has 2 aliphatic rings. The molecule has 0 amide bonds. The van der Waals surface area contributed by atoms with Crippen LogP contribution in [0.4, 0.5) is 0 Å². The van der Waals surface area contributed by atoms with Gasteiger partial charge >= 0.3 is 0 Å². The molecule has 0 saturated carbocycles. The van der Waals surface area contributed by atoms with Gasteiger partial charge in [0, 0.05) is 6.04 Å². The SMILES string of the molecule is CN(C)[C@@H]1CC2(CCNCC2)c2ccccc21. The Kier molecular flexibility index (Phi) is 2.72. The molecule has 1 aliphatic carbocycles. The highest BCUT2D eigenvalue weighted by molar-refractivity contribution is 5.42. The van der Waals surface area contributed by atoms with Crippen molar-refractivity contribution >= 4 is 0 Å². The molecule has 1 saturated heterocycles. The first-order valence-electron chi connectivity index (χ1n) is 6.69. The minimum absolute atomic E-state index is 0.455. The summed E-state index contributed by atoms with van der Waals surface area (Å²) in [4.78, 5) is 2.38. The second kappa shape index (κ2) is 4.11. The van der Waals surface area contributed by atoms with Crippen LogP contribution in [0.2, 0.25) is 0 Å². The average Bonchev–Trinajstić information content (AvgIpc) is 2.66. The van der Waals surface area contributed by atoms with Gasteiger partial charge in [0.1, 0.15) is 0 Å². The quantitative estimate of drug-likeness (QED) is 0.796. The van der Waals surface area contributed by atoms with Crippen molar-refractivity contribution in [2.45, 2.75) is 30.7 Å². The molecule has 17 heavy (non-hydrogen) atoms. The molecule has 3 rings (SSSR count). The Bertz CT molecular complexity index is 405. The van der Waals surface area contributed by atoms with Gasteiger partial charge in [-0.3, -0.25) is 0 Å². The zero-order valence-electron chi connectivity index (χ0n) is 10.9. The number of nitrogens with zero attached hydrogens (tertiary/aromatic N) is 1. The predicted octanol–water partition coefficient (Wildman–Crippen LogP) is 2.31. The van der Waals surface area contributed by atoms with Crippen LogP contribution in [0, 0.1) is 0 Å². The second-order valence-corrected chi connectivity index (χ2v) is 5.80. The fourth-order valence-corrected chi connectivity index (χ4v) is 3.70. The molecule has 0 aromatic heterocycles. The molecule has 1 heterocycles. The third kappa shape index (κ3) is 1.71. The predicted molar refractivity (Wildman–Crippen MR) is 71.3 cm³/mol. The first kappa shape index (κ1) is 11.2. The average molecular weight is 230 g/mol. The monoisotopic (exact) mass is 230 g/mol. The van der Waals surface area contributed by atoms with Gasteiger partial charge in [-0.1, -0.05) is 24.3 Å². The molecule has 1 N–H and O–H groups in total. The van der Waals surface area contributed by atoms with E-state index in [9.17, 15) is 0 Å². The van der Waals surface area contributed by atoms with E-state index >= 15 is 0 Å². The van der Waals surface area contributed by atoms with Crippen molar-refractivity contribution in [3.63, 3.8) is 0 Å². The zero-order valence-corrected chi connectivity index (χ0v) is 10.9. The second-order valence-electron chi connectivity index (χ2n) is 5.80. The van der Waals surface area contributed by atoms with Gasteiger partial charge in [0.15, 0.2) is 0 Å². The van der Waals surface area contributed by atoms with Crippen molar-refractivity contribution < 1.29 is 0 Å². The third-order valence-electron chi connectivity index (χ3n) is 4.66. The minimum atomic E-state index is 0.455. The van der Waals surface area contributed by atoms with Crippen molar-refractivity contribution in [3.05, 3.63) is 35.4 Å². The van der Waals surface area contributed by atoms with Crippen LogP contribution in [0.3, 0.4) is 0 Å². The topological polar surface area (TPSA) is 15.3 Å². The van der Waals surface area contributed by atoms with Crippen LogP contribution in [0.1, 0.15) is 36.4 Å². The van der Waals surface area contributed by atoms with Crippen molar-refractivity contribution in [3.8, 4) is 0 Å². The van der Waals surface area contributed by atoms with Crippen molar-refractivity contribution in [1.82, 2.24) is 10.2 Å². The lowest BCUT2D eigenvalue weighted by molar-refractivity contribution is 0.223. The molecule has 0 radical (unpaired) electrons. The maximum atomic E-state index is 3.50. The van der Waals surface area contributed by atoms with Gasteiger partial charge < -0.3 is 10.2 Å². The number of nitrogens with one attached hydrogen (secondary N) is 1. The summed E-state index contributed by atoms with van der Waals surface area (Å²) in [6, 6.07) is 9.71. The maximum absolute atomic E-state index is 3.50. The molecule has 1 aromatic carbocycles. The van der Waals surface area contributed by atoms with E-state index < -0.39 is 0 Å². The van der Waals surface area contributed by atoms with Gasteiger partial charge in [0.05, 0.1) is 0 Å². The summed E-state index contributed by atoms with van der Waals surface area (Å²) in [5.74, 6) is 0. The Morgan fingerprint density at radius 1 is 1.18 bits per heavy atom. The van der Waals surface area contributed by atoms with Crippen LogP contribution in [-0.2, 0) is 5.41 Å². The lowest BCUT2D eigenvalue weighted by Crippen LogP contribution is -2.38. The van der Waals surface area contributed by atoms with Crippen LogP contribution >= 0.6 is 0 Å². The molecular formula is C15H22N2. The van der Waals surface area contributed by atoms with E-state index in [4.69, 9.17) is 0 Å². The Morgan fingerprint density at radius 2 is 1.88 bits per heavy atom. The van der Waals surface area contributed by atoms with Gasteiger partial charge in [-0.2, -0.15) is 0 Å². The normalized spacial score (nSPS) is 26.4. The summed E-state index contributed by atoms with van der Waals surface area (Å²) in [5.41, 5.74) is 3.65. The summed E-state index contributed by atoms with van der Waals surface area (Å²) >= 11 is 0. The highest BCUT2D eigenvalue weighted by Crippen LogP contribution is 2.51. The molecule has 1 aliphatic heterocycles. The molecule has 0 bridgehead atoms. The smallest absolute Gasteiger partial charge is 0.0353 e. The fourth-order valence-electron chi connectivity index (χ4n) is 3.70. The number of rotatable bonds is 1. The zero-order chi connectivity index (χ0) is 11.9. The molecule has 0 unspecified atom stereocenters. The van der Waals surface area contributed by atoms with Crippen molar-refractivity contribution in [1.29, 1.82) is 0 Å². The third-order valence-corrected chi connectivity index (χ3v) is 4.66.